The fourth-order valence-electron chi connectivity index (χ4n) is 2.64. The predicted octanol–water partition coefficient (Wildman–Crippen LogP) is 3.82. The highest BCUT2D eigenvalue weighted by molar-refractivity contribution is 14.0. The molecule has 0 atom stereocenters. The van der Waals surface area contributed by atoms with E-state index < -0.39 is 0 Å². The van der Waals surface area contributed by atoms with E-state index in [9.17, 15) is 0 Å². The number of nitrogens with zero attached hydrogens (tertiary/aromatic N) is 4. The molecule has 0 aromatic carbocycles. The summed E-state index contributed by atoms with van der Waals surface area (Å²) >= 11 is 1.65. The van der Waals surface area contributed by atoms with Gasteiger partial charge in [-0.25, -0.2) is 0 Å². The Kier molecular flexibility index (Phi) is 16.8. The van der Waals surface area contributed by atoms with Gasteiger partial charge in [-0.15, -0.1) is 34.2 Å². The monoisotopic (exact) mass is 540 g/mol. The third kappa shape index (κ3) is 12.7. The van der Waals surface area contributed by atoms with Gasteiger partial charge < -0.3 is 19.9 Å². The molecular weight excluding hydrogens is 499 g/mol. The summed E-state index contributed by atoms with van der Waals surface area (Å²) in [6, 6.07) is 0. The number of hydrogen-bond donors (Lipinski definition) is 2. The van der Waals surface area contributed by atoms with Gasteiger partial charge in [-0.05, 0) is 37.9 Å². The van der Waals surface area contributed by atoms with E-state index in [1.807, 2.05) is 0 Å². The Morgan fingerprint density at radius 2 is 1.90 bits per heavy atom. The largest absolute Gasteiger partial charge is 0.380 e. The summed E-state index contributed by atoms with van der Waals surface area (Å²) in [6.45, 7) is 15.8. The Bertz CT molecular complexity index is 565. The van der Waals surface area contributed by atoms with Crippen molar-refractivity contribution in [3.8, 4) is 0 Å². The van der Waals surface area contributed by atoms with Crippen LogP contribution in [0.1, 0.15) is 53.3 Å². The van der Waals surface area contributed by atoms with E-state index in [1.54, 1.807) is 11.8 Å². The van der Waals surface area contributed by atoms with Gasteiger partial charge in [0.05, 0.1) is 6.61 Å². The van der Waals surface area contributed by atoms with Crippen LogP contribution in [0.3, 0.4) is 0 Å². The summed E-state index contributed by atoms with van der Waals surface area (Å²) in [6.07, 6.45) is 5.00. The van der Waals surface area contributed by atoms with E-state index in [1.165, 1.54) is 0 Å². The third-order valence-corrected chi connectivity index (χ3v) is 4.74. The molecule has 7 nitrogen and oxygen atoms in total. The van der Waals surface area contributed by atoms with Crippen molar-refractivity contribution in [3.63, 3.8) is 0 Å². The number of nitrogens with one attached hydrogen (secondary N) is 2. The fraction of sp³-hybridized carbons (Fsp3) is 0.850. The number of aromatic nitrogens is 3. The van der Waals surface area contributed by atoms with Gasteiger partial charge in [0.2, 0.25) is 0 Å². The predicted molar refractivity (Wildman–Crippen MR) is 135 cm³/mol. The van der Waals surface area contributed by atoms with E-state index >= 15 is 0 Å². The highest BCUT2D eigenvalue weighted by Crippen LogP contribution is 2.16. The van der Waals surface area contributed by atoms with Crippen molar-refractivity contribution in [2.24, 2.45) is 16.8 Å². The standard InChI is InChI=1S/C20H40N6OS.HI/c1-7-21-19(23-12-14-27-13-10-16(2)3)22-11-8-9-18-24-25-20(28-6)26(18)15-17(4)5;/h16-17H,7-15H2,1-6H3,(H2,21,22,23);1H. The van der Waals surface area contributed by atoms with Gasteiger partial charge >= 0.3 is 0 Å². The van der Waals surface area contributed by atoms with Gasteiger partial charge in [0.25, 0.3) is 0 Å². The second kappa shape index (κ2) is 17.2. The lowest BCUT2D eigenvalue weighted by atomic mass is 10.1. The Hall–Kier alpha value is -0.550. The number of aryl methyl sites for hydroxylation is 1. The van der Waals surface area contributed by atoms with Crippen LogP contribution in [-0.2, 0) is 17.7 Å². The first-order valence-corrected chi connectivity index (χ1v) is 11.8. The molecule has 1 aromatic rings. The zero-order valence-corrected chi connectivity index (χ0v) is 22.2. The van der Waals surface area contributed by atoms with Crippen LogP contribution >= 0.6 is 35.7 Å². The van der Waals surface area contributed by atoms with E-state index in [0.29, 0.717) is 18.4 Å². The number of hydrogen-bond acceptors (Lipinski definition) is 5. The summed E-state index contributed by atoms with van der Waals surface area (Å²) in [4.78, 5) is 4.67. The molecule has 0 aliphatic carbocycles. The molecule has 9 heteroatoms. The number of aliphatic imine (C=N–C) groups is 1. The molecule has 170 valence electrons. The fourth-order valence-corrected chi connectivity index (χ4v) is 3.16. The normalized spacial score (nSPS) is 11.8. The molecule has 0 amide bonds. The highest BCUT2D eigenvalue weighted by Gasteiger charge is 2.12. The zero-order valence-electron chi connectivity index (χ0n) is 19.0. The van der Waals surface area contributed by atoms with Crippen LogP contribution < -0.4 is 10.6 Å². The first-order chi connectivity index (χ1) is 13.5. The molecule has 0 fully saturated rings. The summed E-state index contributed by atoms with van der Waals surface area (Å²) in [5.74, 6) is 3.17. The van der Waals surface area contributed by atoms with Crippen molar-refractivity contribution < 1.29 is 4.74 Å². The van der Waals surface area contributed by atoms with Gasteiger partial charge in [-0.3, -0.25) is 4.99 Å². The van der Waals surface area contributed by atoms with Gasteiger partial charge in [-0.1, -0.05) is 39.5 Å². The first kappa shape index (κ1) is 28.5. The lowest BCUT2D eigenvalue weighted by molar-refractivity contribution is 0.128. The van der Waals surface area contributed by atoms with Crippen LogP contribution in [-0.4, -0.2) is 59.8 Å². The maximum atomic E-state index is 5.65. The average molecular weight is 541 g/mol. The molecule has 0 spiro atoms. The van der Waals surface area contributed by atoms with E-state index in [-0.39, 0.29) is 24.0 Å². The van der Waals surface area contributed by atoms with Crippen LogP contribution in [0.5, 0.6) is 0 Å². The first-order valence-electron chi connectivity index (χ1n) is 10.5. The van der Waals surface area contributed by atoms with Crippen molar-refractivity contribution >= 4 is 41.7 Å². The molecule has 0 unspecified atom stereocenters. The molecule has 1 aromatic heterocycles. The van der Waals surface area contributed by atoms with E-state index in [2.05, 4.69) is 71.3 Å². The third-order valence-electron chi connectivity index (χ3n) is 4.07. The molecule has 0 radical (unpaired) electrons. The summed E-state index contributed by atoms with van der Waals surface area (Å²) in [7, 11) is 0. The molecule has 0 aliphatic heterocycles. The quantitative estimate of drug-likeness (QED) is 0.123. The number of ether oxygens (including phenoxy) is 1. The Balaban J connectivity index is 0.00000784. The second-order valence-electron chi connectivity index (χ2n) is 7.69. The smallest absolute Gasteiger partial charge is 0.191 e. The number of halogens is 1. The minimum atomic E-state index is 0. The average Bonchev–Trinajstić information content (AvgIpc) is 3.02. The molecule has 1 rings (SSSR count). The van der Waals surface area contributed by atoms with E-state index in [4.69, 9.17) is 4.74 Å². The van der Waals surface area contributed by atoms with Gasteiger partial charge in [0.15, 0.2) is 11.1 Å². The number of guanidine groups is 1. The maximum Gasteiger partial charge on any atom is 0.191 e. The minimum Gasteiger partial charge on any atom is -0.380 e. The van der Waals surface area contributed by atoms with Crippen molar-refractivity contribution in [1.82, 2.24) is 25.4 Å². The van der Waals surface area contributed by atoms with Crippen LogP contribution in [0, 0.1) is 11.8 Å². The zero-order chi connectivity index (χ0) is 20.8. The van der Waals surface area contributed by atoms with Crippen molar-refractivity contribution in [3.05, 3.63) is 5.82 Å². The van der Waals surface area contributed by atoms with Crippen molar-refractivity contribution in [2.45, 2.75) is 65.6 Å². The minimum absolute atomic E-state index is 0. The molecule has 2 N–H and O–H groups in total. The molecular formula is C20H41IN6OS. The van der Waals surface area contributed by atoms with E-state index in [0.717, 1.165) is 69.0 Å². The highest BCUT2D eigenvalue weighted by atomic mass is 127. The van der Waals surface area contributed by atoms with Gasteiger partial charge in [0.1, 0.15) is 5.82 Å². The lowest BCUT2D eigenvalue weighted by Crippen LogP contribution is -2.39. The Labute approximate surface area is 198 Å². The van der Waals surface area contributed by atoms with Crippen molar-refractivity contribution in [1.29, 1.82) is 0 Å². The lowest BCUT2D eigenvalue weighted by Gasteiger charge is -2.12. The molecule has 0 bridgehead atoms. The van der Waals surface area contributed by atoms with Crippen LogP contribution in [0.25, 0.3) is 0 Å². The maximum absolute atomic E-state index is 5.65. The summed E-state index contributed by atoms with van der Waals surface area (Å²) < 4.78 is 7.90. The number of thioether (sulfide) groups is 1. The number of rotatable bonds is 14. The topological polar surface area (TPSA) is 76.4 Å². The summed E-state index contributed by atoms with van der Waals surface area (Å²) in [5, 5.41) is 16.3. The van der Waals surface area contributed by atoms with Crippen LogP contribution in [0.15, 0.2) is 10.1 Å². The Morgan fingerprint density at radius 1 is 1.14 bits per heavy atom. The SMILES string of the molecule is CCNC(=NCCCc1nnc(SC)n1CC(C)C)NCCOCCC(C)C.I. The molecule has 0 aliphatic rings. The van der Waals surface area contributed by atoms with Crippen molar-refractivity contribution in [2.75, 3.05) is 39.1 Å². The van der Waals surface area contributed by atoms with Gasteiger partial charge in [0, 0.05) is 39.2 Å². The summed E-state index contributed by atoms with van der Waals surface area (Å²) in [5.41, 5.74) is 0. The molecule has 0 saturated carbocycles. The second-order valence-corrected chi connectivity index (χ2v) is 8.47. The van der Waals surface area contributed by atoms with Crippen LogP contribution in [0.2, 0.25) is 0 Å². The Morgan fingerprint density at radius 3 is 2.52 bits per heavy atom. The van der Waals surface area contributed by atoms with Crippen LogP contribution in [0.4, 0.5) is 0 Å². The van der Waals surface area contributed by atoms with Gasteiger partial charge in [-0.2, -0.15) is 0 Å². The molecule has 29 heavy (non-hydrogen) atoms. The molecule has 0 saturated heterocycles. The molecule has 1 heterocycles.